The summed E-state index contributed by atoms with van der Waals surface area (Å²) in [6.07, 6.45) is 8.89. The molecule has 1 saturated carbocycles. The Morgan fingerprint density at radius 3 is 2.58 bits per heavy atom. The number of carbonyl (C=O) groups excluding carboxylic acids is 1. The molecule has 0 bridgehead atoms. The Hall–Kier alpha value is -3.27. The molecule has 1 aromatic carbocycles. The molecule has 1 atom stereocenters. The van der Waals surface area contributed by atoms with Gasteiger partial charge in [0.2, 0.25) is 0 Å². The van der Waals surface area contributed by atoms with E-state index in [1.54, 1.807) is 11.1 Å². The number of halogens is 2. The molecule has 1 saturated heterocycles. The van der Waals surface area contributed by atoms with Gasteiger partial charge in [0.15, 0.2) is 11.6 Å². The number of amides is 1. The smallest absolute Gasteiger partial charge is 0.255 e. The Balaban J connectivity index is 1.21. The van der Waals surface area contributed by atoms with Crippen LogP contribution in [-0.2, 0) is 28.3 Å². The Labute approximate surface area is 232 Å². The molecule has 3 aliphatic rings. The van der Waals surface area contributed by atoms with Crippen molar-refractivity contribution in [1.82, 2.24) is 19.8 Å². The van der Waals surface area contributed by atoms with E-state index in [1.807, 2.05) is 30.6 Å². The highest BCUT2D eigenvalue weighted by molar-refractivity contribution is 5.85. The molecule has 4 heterocycles. The van der Waals surface area contributed by atoms with E-state index in [0.29, 0.717) is 24.4 Å². The van der Waals surface area contributed by atoms with E-state index >= 15 is 0 Å². The van der Waals surface area contributed by atoms with Gasteiger partial charge >= 0.3 is 0 Å². The Bertz CT molecular complexity index is 1400. The van der Waals surface area contributed by atoms with Gasteiger partial charge in [-0.25, -0.2) is 8.78 Å². The van der Waals surface area contributed by atoms with Gasteiger partial charge < -0.3 is 14.7 Å². The maximum atomic E-state index is 14.3. The second kappa shape index (κ2) is 10.3. The highest BCUT2D eigenvalue weighted by Crippen LogP contribution is 2.44. The molecule has 1 spiro atoms. The molecule has 2 fully saturated rings. The summed E-state index contributed by atoms with van der Waals surface area (Å²) in [5.74, 6) is -2.41. The molecule has 1 aliphatic carbocycles. The number of nitrogens with zero attached hydrogens (tertiary/aromatic N) is 4. The van der Waals surface area contributed by atoms with Crippen LogP contribution in [0.15, 0.2) is 55.0 Å². The van der Waals surface area contributed by atoms with E-state index in [2.05, 4.69) is 9.88 Å². The number of likely N-dealkylation sites (tertiary alicyclic amines) is 1. The molecule has 1 N–H and O–H groups in total. The van der Waals surface area contributed by atoms with Crippen molar-refractivity contribution in [3.05, 3.63) is 94.6 Å². The average molecular weight is 549 g/mol. The predicted octanol–water partition coefficient (Wildman–Crippen LogP) is 4.63. The molecule has 2 aliphatic heterocycles. The number of hydrogen-bond donors (Lipinski definition) is 1. The highest BCUT2D eigenvalue weighted by Gasteiger charge is 2.45. The third kappa shape index (κ3) is 5.13. The molecular formula is C31H34F2N4O3. The Morgan fingerprint density at radius 2 is 1.93 bits per heavy atom. The second-order valence-electron chi connectivity index (χ2n) is 11.8. The van der Waals surface area contributed by atoms with Crippen molar-refractivity contribution in [1.29, 1.82) is 0 Å². The lowest BCUT2D eigenvalue weighted by Gasteiger charge is -2.39. The minimum Gasteiger partial charge on any atom is -0.381 e. The summed E-state index contributed by atoms with van der Waals surface area (Å²) in [6.45, 7) is 5.99. The largest absolute Gasteiger partial charge is 0.381 e. The number of ether oxygens (including phenoxy) is 1. The zero-order valence-electron chi connectivity index (χ0n) is 22.8. The van der Waals surface area contributed by atoms with Crippen molar-refractivity contribution in [2.45, 2.75) is 76.0 Å². The number of fused-ring (bicyclic) bond motifs is 2. The Morgan fingerprint density at radius 1 is 1.15 bits per heavy atom. The predicted molar refractivity (Wildman–Crippen MR) is 144 cm³/mol. The van der Waals surface area contributed by atoms with Crippen molar-refractivity contribution in [3.63, 3.8) is 0 Å². The molecule has 3 aromatic rings. The molecule has 40 heavy (non-hydrogen) atoms. The molecule has 9 heteroatoms. The fourth-order valence-corrected chi connectivity index (χ4v) is 6.01. The first-order chi connectivity index (χ1) is 19.1. The summed E-state index contributed by atoms with van der Waals surface area (Å²) in [4.78, 5) is 26.4. The lowest BCUT2D eigenvalue weighted by atomic mass is 9.84. The summed E-state index contributed by atoms with van der Waals surface area (Å²) >= 11 is 0. The van der Waals surface area contributed by atoms with Crippen molar-refractivity contribution < 1.29 is 23.4 Å². The summed E-state index contributed by atoms with van der Waals surface area (Å²) in [7, 11) is 0. The van der Waals surface area contributed by atoms with Crippen molar-refractivity contribution in [3.8, 4) is 0 Å². The minimum absolute atomic E-state index is 0.0997. The fourth-order valence-electron chi connectivity index (χ4n) is 6.01. The van der Waals surface area contributed by atoms with Gasteiger partial charge in [0.25, 0.3) is 5.91 Å². The van der Waals surface area contributed by atoms with Crippen LogP contribution in [0.3, 0.4) is 0 Å². The van der Waals surface area contributed by atoms with Gasteiger partial charge in [-0.2, -0.15) is 0 Å². The first kappa shape index (κ1) is 26.9. The third-order valence-corrected chi connectivity index (χ3v) is 8.34. The monoisotopic (exact) mass is 548 g/mol. The van der Waals surface area contributed by atoms with Crippen LogP contribution in [0.4, 0.5) is 8.78 Å². The van der Waals surface area contributed by atoms with Crippen LogP contribution >= 0.6 is 0 Å². The standard InChI is InChI=1S/C31H34F2N4O3/c1-30(2,39)29(38)37(23-5-6-23)28(21-4-7-25(32)26(33)15-21)27-8-3-20(16-35-27)18-36-13-10-31(11-14-36)24-17-34-12-9-22(24)19-40-31/h3-4,7-9,12,15-17,23,28,39H,5-6,10-11,13-14,18-19H2,1-2H3. The van der Waals surface area contributed by atoms with Crippen LogP contribution in [0.25, 0.3) is 0 Å². The first-order valence-electron chi connectivity index (χ1n) is 13.9. The number of aliphatic hydroxyl groups is 1. The summed E-state index contributed by atoms with van der Waals surface area (Å²) in [5.41, 5.74) is 2.54. The van der Waals surface area contributed by atoms with Gasteiger partial charge in [-0.15, -0.1) is 0 Å². The SMILES string of the molecule is CC(C)(O)C(=O)N(C1CC1)C(c1ccc(F)c(F)c1)c1ccc(CN2CCC3(CC2)OCc2ccncc23)cn1. The number of pyridine rings is 2. The van der Waals surface area contributed by atoms with Crippen LogP contribution in [-0.4, -0.2) is 55.5 Å². The number of rotatable bonds is 7. The molecule has 2 aromatic heterocycles. The molecule has 7 nitrogen and oxygen atoms in total. The van der Waals surface area contributed by atoms with Gasteiger partial charge in [-0.05, 0) is 80.5 Å². The van der Waals surface area contributed by atoms with E-state index < -0.39 is 29.2 Å². The number of piperidine rings is 1. The maximum absolute atomic E-state index is 14.3. The van der Waals surface area contributed by atoms with E-state index in [1.165, 1.54) is 31.0 Å². The normalized spacial score (nSPS) is 19.4. The van der Waals surface area contributed by atoms with Crippen molar-refractivity contribution in [2.75, 3.05) is 13.1 Å². The van der Waals surface area contributed by atoms with Gasteiger partial charge in [-0.1, -0.05) is 12.1 Å². The quantitative estimate of drug-likeness (QED) is 0.464. The third-order valence-electron chi connectivity index (χ3n) is 8.34. The summed E-state index contributed by atoms with van der Waals surface area (Å²) < 4.78 is 34.4. The second-order valence-corrected chi connectivity index (χ2v) is 11.8. The van der Waals surface area contributed by atoms with Crippen molar-refractivity contribution in [2.24, 2.45) is 0 Å². The van der Waals surface area contributed by atoms with Crippen molar-refractivity contribution >= 4 is 5.91 Å². The number of aromatic nitrogens is 2. The molecule has 1 unspecified atom stereocenters. The van der Waals surface area contributed by atoms with Crippen LogP contribution < -0.4 is 0 Å². The lowest BCUT2D eigenvalue weighted by Crippen LogP contribution is -2.48. The Kier molecular flexibility index (Phi) is 6.92. The fraction of sp³-hybridized carbons (Fsp3) is 0.452. The first-order valence-corrected chi connectivity index (χ1v) is 13.9. The zero-order chi connectivity index (χ0) is 28.1. The number of hydrogen-bond acceptors (Lipinski definition) is 6. The van der Waals surface area contributed by atoms with E-state index in [4.69, 9.17) is 9.72 Å². The van der Waals surface area contributed by atoms with Crippen LogP contribution in [0.2, 0.25) is 0 Å². The average Bonchev–Trinajstić information content (AvgIpc) is 3.72. The zero-order valence-corrected chi connectivity index (χ0v) is 22.8. The molecular weight excluding hydrogens is 514 g/mol. The lowest BCUT2D eigenvalue weighted by molar-refractivity contribution is -0.150. The van der Waals surface area contributed by atoms with Gasteiger partial charge in [0, 0.05) is 49.8 Å². The van der Waals surface area contributed by atoms with E-state index in [9.17, 15) is 18.7 Å². The summed E-state index contributed by atoms with van der Waals surface area (Å²) in [5, 5.41) is 10.6. The highest BCUT2D eigenvalue weighted by atomic mass is 19.2. The minimum atomic E-state index is -1.62. The topological polar surface area (TPSA) is 78.8 Å². The van der Waals surface area contributed by atoms with Gasteiger partial charge in [-0.3, -0.25) is 19.7 Å². The van der Waals surface area contributed by atoms with Gasteiger partial charge in [0.1, 0.15) is 5.60 Å². The molecule has 6 rings (SSSR count). The van der Waals surface area contributed by atoms with Crippen LogP contribution in [0.5, 0.6) is 0 Å². The molecule has 1 amide bonds. The van der Waals surface area contributed by atoms with E-state index in [-0.39, 0.29) is 11.6 Å². The number of carbonyl (C=O) groups is 1. The van der Waals surface area contributed by atoms with Crippen LogP contribution in [0.1, 0.15) is 73.5 Å². The van der Waals surface area contributed by atoms with E-state index in [0.717, 1.165) is 56.5 Å². The molecule has 210 valence electrons. The maximum Gasteiger partial charge on any atom is 0.255 e. The molecule has 0 radical (unpaired) electrons. The summed E-state index contributed by atoms with van der Waals surface area (Å²) in [6, 6.07) is 8.68. The number of benzene rings is 1. The van der Waals surface area contributed by atoms with Crippen LogP contribution in [0, 0.1) is 11.6 Å². The van der Waals surface area contributed by atoms with Gasteiger partial charge in [0.05, 0.1) is 23.9 Å².